The highest BCUT2D eigenvalue weighted by Gasteiger charge is 2.25. The average molecular weight is 342 g/mol. The monoisotopic (exact) mass is 342 g/mol. The second-order valence-electron chi connectivity index (χ2n) is 5.44. The number of phenolic OH excluding ortho intramolecular Hbond substituents is 1. The van der Waals surface area contributed by atoms with Crippen LogP contribution in [-0.2, 0) is 6.61 Å². The zero-order valence-corrected chi connectivity index (χ0v) is 14.2. The first-order chi connectivity index (χ1) is 12.1. The molecule has 0 aliphatic heterocycles. The van der Waals surface area contributed by atoms with Gasteiger partial charge in [0, 0.05) is 0 Å². The molecule has 6 heteroatoms. The first-order valence-corrected chi connectivity index (χ1v) is 7.63. The minimum atomic E-state index is -0.330. The van der Waals surface area contributed by atoms with Gasteiger partial charge >= 0.3 is 0 Å². The molecule has 0 bridgehead atoms. The number of Topliss-reactive ketones (excluding diaryl/α,β-unsaturated/α-hetero) is 1. The molecule has 0 atom stereocenters. The van der Waals surface area contributed by atoms with E-state index in [9.17, 15) is 9.90 Å². The number of rotatable bonds is 6. The van der Waals surface area contributed by atoms with Gasteiger partial charge in [0.1, 0.15) is 23.7 Å². The van der Waals surface area contributed by atoms with Crippen LogP contribution in [0.15, 0.2) is 41.0 Å². The summed E-state index contributed by atoms with van der Waals surface area (Å²) in [5.74, 6) is 0.505. The second kappa shape index (κ2) is 6.76. The molecule has 6 nitrogen and oxygen atoms in total. The summed E-state index contributed by atoms with van der Waals surface area (Å²) in [7, 11) is 3.00. The van der Waals surface area contributed by atoms with Gasteiger partial charge in [0.2, 0.25) is 5.75 Å². The molecule has 130 valence electrons. The highest BCUT2D eigenvalue weighted by molar-refractivity contribution is 6.08. The molecular weight excluding hydrogens is 324 g/mol. The van der Waals surface area contributed by atoms with Crippen LogP contribution in [-0.4, -0.2) is 25.1 Å². The fraction of sp³-hybridized carbons (Fsp3) is 0.211. The summed E-state index contributed by atoms with van der Waals surface area (Å²) in [5, 5.41) is 11.0. The molecule has 3 rings (SSSR count). The Morgan fingerprint density at radius 1 is 1.08 bits per heavy atom. The third-order valence-electron chi connectivity index (χ3n) is 3.89. The largest absolute Gasteiger partial charge is 0.504 e. The summed E-state index contributed by atoms with van der Waals surface area (Å²) < 4.78 is 21.6. The van der Waals surface area contributed by atoms with E-state index < -0.39 is 0 Å². The molecule has 2 aromatic carbocycles. The third-order valence-corrected chi connectivity index (χ3v) is 3.89. The molecule has 1 heterocycles. The van der Waals surface area contributed by atoms with E-state index in [0.717, 1.165) is 11.3 Å². The number of ether oxygens (including phenoxy) is 3. The van der Waals surface area contributed by atoms with Crippen LogP contribution >= 0.6 is 0 Å². The fourth-order valence-corrected chi connectivity index (χ4v) is 2.67. The zero-order valence-electron chi connectivity index (χ0n) is 14.2. The van der Waals surface area contributed by atoms with Crippen LogP contribution in [0, 0.1) is 0 Å². The Kier molecular flexibility index (Phi) is 4.52. The van der Waals surface area contributed by atoms with Crippen molar-refractivity contribution >= 4 is 16.8 Å². The van der Waals surface area contributed by atoms with Gasteiger partial charge in [-0.2, -0.15) is 0 Å². The molecule has 1 aromatic heterocycles. The molecule has 0 fully saturated rings. The predicted octanol–water partition coefficient (Wildman–Crippen LogP) is 3.94. The molecule has 3 aromatic rings. The van der Waals surface area contributed by atoms with Crippen LogP contribution in [0.2, 0.25) is 0 Å². The van der Waals surface area contributed by atoms with E-state index in [0.29, 0.717) is 11.0 Å². The number of phenols is 1. The maximum Gasteiger partial charge on any atom is 0.205 e. The molecule has 0 saturated carbocycles. The summed E-state index contributed by atoms with van der Waals surface area (Å²) in [6.45, 7) is 1.58. The Bertz CT molecular complexity index is 908. The molecule has 0 saturated heterocycles. The van der Waals surface area contributed by atoms with Gasteiger partial charge in [-0.15, -0.1) is 0 Å². The van der Waals surface area contributed by atoms with Crippen LogP contribution < -0.4 is 14.2 Å². The van der Waals surface area contributed by atoms with Gasteiger partial charge in [-0.25, -0.2) is 0 Å². The molecule has 0 unspecified atom stereocenters. The van der Waals surface area contributed by atoms with Crippen molar-refractivity contribution in [3.8, 4) is 23.0 Å². The van der Waals surface area contributed by atoms with Crippen molar-refractivity contribution in [3.63, 3.8) is 0 Å². The summed E-state index contributed by atoms with van der Waals surface area (Å²) in [6, 6.07) is 9.05. The van der Waals surface area contributed by atoms with Gasteiger partial charge in [-0.1, -0.05) is 12.1 Å². The van der Waals surface area contributed by atoms with Crippen molar-refractivity contribution < 1.29 is 28.5 Å². The summed E-state index contributed by atoms with van der Waals surface area (Å²) >= 11 is 0. The lowest BCUT2D eigenvalue weighted by molar-refractivity contribution is 0.101. The van der Waals surface area contributed by atoms with Crippen molar-refractivity contribution in [2.45, 2.75) is 13.5 Å². The highest BCUT2D eigenvalue weighted by Crippen LogP contribution is 2.46. The van der Waals surface area contributed by atoms with E-state index >= 15 is 0 Å². The molecule has 0 spiro atoms. The smallest absolute Gasteiger partial charge is 0.205 e. The van der Waals surface area contributed by atoms with Crippen LogP contribution in [0.4, 0.5) is 0 Å². The topological polar surface area (TPSA) is 78.1 Å². The first kappa shape index (κ1) is 16.7. The normalized spacial score (nSPS) is 10.7. The Morgan fingerprint density at radius 3 is 2.40 bits per heavy atom. The van der Waals surface area contributed by atoms with Crippen molar-refractivity contribution in [2.24, 2.45) is 0 Å². The number of aromatic hydroxyl groups is 1. The number of benzene rings is 2. The number of hydrogen-bond donors (Lipinski definition) is 1. The molecule has 0 radical (unpaired) electrons. The minimum Gasteiger partial charge on any atom is -0.504 e. The van der Waals surface area contributed by atoms with Gasteiger partial charge in [0.15, 0.2) is 17.1 Å². The van der Waals surface area contributed by atoms with E-state index in [1.807, 2.05) is 24.3 Å². The van der Waals surface area contributed by atoms with Crippen molar-refractivity contribution in [1.82, 2.24) is 0 Å². The van der Waals surface area contributed by atoms with Crippen LogP contribution in [0.25, 0.3) is 11.0 Å². The number of carbonyl (C=O) groups excluding carboxylic acids is 1. The number of ketones is 1. The van der Waals surface area contributed by atoms with E-state index in [1.165, 1.54) is 20.3 Å². The number of hydrogen-bond acceptors (Lipinski definition) is 6. The Hall–Kier alpha value is -3.15. The zero-order chi connectivity index (χ0) is 18.0. The Labute approximate surface area is 144 Å². The predicted molar refractivity (Wildman–Crippen MR) is 91.8 cm³/mol. The molecular formula is C19H18O6. The highest BCUT2D eigenvalue weighted by atomic mass is 16.5. The van der Waals surface area contributed by atoms with E-state index in [-0.39, 0.29) is 35.2 Å². The standard InChI is InChI=1S/C19H18O6/c1-11(20)15-16(21)19(23-3)18-14(8-9-24-18)17(15)25-10-12-4-6-13(22-2)7-5-12/h4-9,21H,10H2,1-3H3. The van der Waals surface area contributed by atoms with Crippen molar-refractivity contribution in [2.75, 3.05) is 14.2 Å². The molecule has 0 amide bonds. The molecule has 1 N–H and O–H groups in total. The number of carbonyl (C=O) groups is 1. The van der Waals surface area contributed by atoms with E-state index in [2.05, 4.69) is 0 Å². The number of furan rings is 1. The van der Waals surface area contributed by atoms with Crippen molar-refractivity contribution in [3.05, 3.63) is 47.7 Å². The van der Waals surface area contributed by atoms with Crippen LogP contribution in [0.1, 0.15) is 22.8 Å². The lowest BCUT2D eigenvalue weighted by atomic mass is 10.0. The Balaban J connectivity index is 2.03. The number of methoxy groups -OCH3 is 2. The molecule has 0 aliphatic rings. The van der Waals surface area contributed by atoms with Gasteiger partial charge in [0.05, 0.1) is 25.9 Å². The average Bonchev–Trinajstić information content (AvgIpc) is 3.09. The van der Waals surface area contributed by atoms with Crippen LogP contribution in [0.5, 0.6) is 23.0 Å². The van der Waals surface area contributed by atoms with Crippen LogP contribution in [0.3, 0.4) is 0 Å². The quantitative estimate of drug-likeness (QED) is 0.684. The molecule has 0 aliphatic carbocycles. The second-order valence-corrected chi connectivity index (χ2v) is 5.44. The first-order valence-electron chi connectivity index (χ1n) is 7.63. The number of fused-ring (bicyclic) bond motifs is 1. The SMILES string of the molecule is COc1ccc(COc2c(C(C)=O)c(O)c(OC)c3occc23)cc1. The van der Waals surface area contributed by atoms with Gasteiger partial charge < -0.3 is 23.7 Å². The van der Waals surface area contributed by atoms with E-state index in [1.54, 1.807) is 13.2 Å². The van der Waals surface area contributed by atoms with Gasteiger partial charge in [-0.3, -0.25) is 4.79 Å². The summed E-state index contributed by atoms with van der Waals surface area (Å²) in [4.78, 5) is 12.1. The molecule has 25 heavy (non-hydrogen) atoms. The van der Waals surface area contributed by atoms with E-state index in [4.69, 9.17) is 18.6 Å². The maximum atomic E-state index is 12.1. The lowest BCUT2D eigenvalue weighted by Gasteiger charge is -2.15. The lowest BCUT2D eigenvalue weighted by Crippen LogP contribution is -2.04. The van der Waals surface area contributed by atoms with Crippen molar-refractivity contribution in [1.29, 1.82) is 0 Å². The third kappa shape index (κ3) is 2.98. The minimum absolute atomic E-state index is 0.0688. The summed E-state index contributed by atoms with van der Waals surface area (Å²) in [6.07, 6.45) is 1.46. The fourth-order valence-electron chi connectivity index (χ4n) is 2.67. The van der Waals surface area contributed by atoms with Gasteiger partial charge in [0.25, 0.3) is 0 Å². The Morgan fingerprint density at radius 2 is 1.80 bits per heavy atom. The summed E-state index contributed by atoms with van der Waals surface area (Å²) in [5.41, 5.74) is 1.29. The maximum absolute atomic E-state index is 12.1. The van der Waals surface area contributed by atoms with Gasteiger partial charge in [-0.05, 0) is 30.7 Å².